The topological polar surface area (TPSA) is 115 Å². The average Bonchev–Trinajstić information content (AvgIpc) is 3.07. The molecule has 1 fully saturated rings. The van der Waals surface area contributed by atoms with Crippen LogP contribution in [0.3, 0.4) is 0 Å². The fourth-order valence-electron chi connectivity index (χ4n) is 3.77. The van der Waals surface area contributed by atoms with Crippen molar-refractivity contribution in [2.45, 2.75) is 18.9 Å². The molecule has 182 valence electrons. The largest absolute Gasteiger partial charge is 0.493 e. The van der Waals surface area contributed by atoms with E-state index in [2.05, 4.69) is 10.6 Å². The molecule has 3 rings (SSSR count). The molecule has 0 aliphatic carbocycles. The van der Waals surface area contributed by atoms with Gasteiger partial charge >= 0.3 is 6.03 Å². The van der Waals surface area contributed by atoms with Crippen LogP contribution in [0.1, 0.15) is 18.1 Å². The molecule has 2 aromatic carbocycles. The van der Waals surface area contributed by atoms with Crippen molar-refractivity contribution in [3.05, 3.63) is 47.5 Å². The monoisotopic (exact) mass is 471 g/mol. The lowest BCUT2D eigenvalue weighted by molar-refractivity contribution is -0.134. The van der Waals surface area contributed by atoms with Gasteiger partial charge in [0.15, 0.2) is 23.0 Å². The summed E-state index contributed by atoms with van der Waals surface area (Å²) in [6.45, 7) is 1.52. The number of methoxy groups -OCH3 is 4. The van der Waals surface area contributed by atoms with E-state index in [1.165, 1.54) is 14.2 Å². The van der Waals surface area contributed by atoms with Gasteiger partial charge in [-0.1, -0.05) is 12.1 Å². The predicted molar refractivity (Wildman–Crippen MR) is 123 cm³/mol. The summed E-state index contributed by atoms with van der Waals surface area (Å²) in [7, 11) is 6.10. The van der Waals surface area contributed by atoms with E-state index in [1.54, 1.807) is 45.4 Å². The minimum atomic E-state index is -1.34. The van der Waals surface area contributed by atoms with E-state index in [4.69, 9.17) is 18.9 Å². The number of amides is 4. The van der Waals surface area contributed by atoms with Crippen molar-refractivity contribution in [1.82, 2.24) is 15.5 Å². The highest BCUT2D eigenvalue weighted by atomic mass is 16.5. The van der Waals surface area contributed by atoms with Gasteiger partial charge in [0.05, 0.1) is 28.4 Å². The van der Waals surface area contributed by atoms with Gasteiger partial charge in [-0.25, -0.2) is 4.79 Å². The third-order valence-electron chi connectivity index (χ3n) is 5.72. The molecule has 0 bridgehead atoms. The van der Waals surface area contributed by atoms with Crippen molar-refractivity contribution in [3.63, 3.8) is 0 Å². The van der Waals surface area contributed by atoms with Gasteiger partial charge in [0, 0.05) is 6.54 Å². The van der Waals surface area contributed by atoms with Crippen LogP contribution in [0, 0.1) is 0 Å². The van der Waals surface area contributed by atoms with E-state index < -0.39 is 23.4 Å². The van der Waals surface area contributed by atoms with Gasteiger partial charge in [-0.05, 0) is 48.7 Å². The van der Waals surface area contributed by atoms with E-state index in [1.807, 2.05) is 12.1 Å². The molecule has 10 nitrogen and oxygen atoms in total. The molecule has 0 aromatic heterocycles. The van der Waals surface area contributed by atoms with Crippen LogP contribution in [0.4, 0.5) is 4.79 Å². The SMILES string of the molecule is COc1ccc(CCNC(=O)CN2C(=O)NC(C)(c3ccc(OC)c(OC)c3)C2=O)cc1OC. The summed E-state index contributed by atoms with van der Waals surface area (Å²) in [5, 5.41) is 5.43. The van der Waals surface area contributed by atoms with Gasteiger partial charge in [-0.3, -0.25) is 14.5 Å². The summed E-state index contributed by atoms with van der Waals surface area (Å²) in [5.74, 6) is 1.17. The average molecular weight is 472 g/mol. The highest BCUT2D eigenvalue weighted by Crippen LogP contribution is 2.35. The zero-order valence-corrected chi connectivity index (χ0v) is 19.9. The first-order chi connectivity index (χ1) is 16.3. The third-order valence-corrected chi connectivity index (χ3v) is 5.72. The molecule has 1 aliphatic heterocycles. The van der Waals surface area contributed by atoms with Gasteiger partial charge in [-0.2, -0.15) is 0 Å². The Kier molecular flexibility index (Phi) is 7.50. The van der Waals surface area contributed by atoms with Crippen molar-refractivity contribution in [3.8, 4) is 23.0 Å². The Labute approximate surface area is 198 Å². The Hall–Kier alpha value is -3.95. The van der Waals surface area contributed by atoms with Crippen LogP contribution >= 0.6 is 0 Å². The lowest BCUT2D eigenvalue weighted by atomic mass is 9.91. The molecule has 1 saturated heterocycles. The lowest BCUT2D eigenvalue weighted by Crippen LogP contribution is -2.43. The second-order valence-electron chi connectivity index (χ2n) is 7.81. The first kappa shape index (κ1) is 24.7. The Morgan fingerprint density at radius 1 is 0.912 bits per heavy atom. The number of hydrogen-bond acceptors (Lipinski definition) is 7. The number of urea groups is 1. The standard InChI is InChI=1S/C24H29N3O7/c1-24(16-7-9-18(32-3)20(13-16)34-5)22(29)27(23(30)26-24)14-21(28)25-11-10-15-6-8-17(31-2)19(12-15)33-4/h6-9,12-13H,10-11,14H2,1-5H3,(H,25,28)(H,26,30). The molecule has 1 heterocycles. The van der Waals surface area contributed by atoms with Gasteiger partial charge in [0.1, 0.15) is 12.1 Å². The molecule has 1 atom stereocenters. The summed E-state index contributed by atoms with van der Waals surface area (Å²) < 4.78 is 21.0. The van der Waals surface area contributed by atoms with Crippen molar-refractivity contribution < 1.29 is 33.3 Å². The number of nitrogens with zero attached hydrogens (tertiary/aromatic N) is 1. The molecule has 0 saturated carbocycles. The van der Waals surface area contributed by atoms with E-state index >= 15 is 0 Å². The Balaban J connectivity index is 1.62. The van der Waals surface area contributed by atoms with Crippen LogP contribution in [0.15, 0.2) is 36.4 Å². The van der Waals surface area contributed by atoms with Gasteiger partial charge in [0.25, 0.3) is 5.91 Å². The highest BCUT2D eigenvalue weighted by Gasteiger charge is 2.49. The molecular weight excluding hydrogens is 442 g/mol. The molecule has 1 unspecified atom stereocenters. The molecule has 2 N–H and O–H groups in total. The number of nitrogens with one attached hydrogen (secondary N) is 2. The Morgan fingerprint density at radius 2 is 1.50 bits per heavy atom. The van der Waals surface area contributed by atoms with Crippen LogP contribution in [-0.4, -0.2) is 64.3 Å². The fraction of sp³-hybridized carbons (Fsp3) is 0.375. The zero-order valence-electron chi connectivity index (χ0n) is 19.9. The maximum Gasteiger partial charge on any atom is 0.325 e. The summed E-state index contributed by atoms with van der Waals surface area (Å²) in [4.78, 5) is 39.0. The summed E-state index contributed by atoms with van der Waals surface area (Å²) in [5.41, 5.74) is 0.116. The smallest absolute Gasteiger partial charge is 0.325 e. The fourth-order valence-corrected chi connectivity index (χ4v) is 3.77. The van der Waals surface area contributed by atoms with Crippen molar-refractivity contribution in [1.29, 1.82) is 0 Å². The molecule has 10 heteroatoms. The number of imide groups is 1. The molecule has 4 amide bonds. The van der Waals surface area contributed by atoms with Gasteiger partial charge < -0.3 is 29.6 Å². The molecular formula is C24H29N3O7. The second kappa shape index (κ2) is 10.3. The maximum absolute atomic E-state index is 13.1. The summed E-state index contributed by atoms with van der Waals surface area (Å²) >= 11 is 0. The molecule has 2 aromatic rings. The Morgan fingerprint density at radius 3 is 2.12 bits per heavy atom. The quantitative estimate of drug-likeness (QED) is 0.508. The van der Waals surface area contributed by atoms with Crippen molar-refractivity contribution in [2.24, 2.45) is 0 Å². The van der Waals surface area contributed by atoms with Crippen LogP contribution in [-0.2, 0) is 21.5 Å². The first-order valence-electron chi connectivity index (χ1n) is 10.6. The zero-order chi connectivity index (χ0) is 24.9. The van der Waals surface area contributed by atoms with E-state index in [0.717, 1.165) is 10.5 Å². The van der Waals surface area contributed by atoms with Crippen LogP contribution in [0.2, 0.25) is 0 Å². The second-order valence-corrected chi connectivity index (χ2v) is 7.81. The minimum Gasteiger partial charge on any atom is -0.493 e. The summed E-state index contributed by atoms with van der Waals surface area (Å²) in [6.07, 6.45) is 0.537. The first-order valence-corrected chi connectivity index (χ1v) is 10.6. The number of hydrogen-bond donors (Lipinski definition) is 2. The number of benzene rings is 2. The molecule has 34 heavy (non-hydrogen) atoms. The number of carbonyl (C=O) groups excluding carboxylic acids is 3. The maximum atomic E-state index is 13.1. The molecule has 0 spiro atoms. The van der Waals surface area contributed by atoms with Crippen molar-refractivity contribution >= 4 is 17.8 Å². The number of rotatable bonds is 10. The van der Waals surface area contributed by atoms with Gasteiger partial charge in [0.2, 0.25) is 5.91 Å². The van der Waals surface area contributed by atoms with Crippen molar-refractivity contribution in [2.75, 3.05) is 41.5 Å². The van der Waals surface area contributed by atoms with E-state index in [0.29, 0.717) is 41.5 Å². The highest BCUT2D eigenvalue weighted by molar-refractivity contribution is 6.09. The predicted octanol–water partition coefficient (Wildman–Crippen LogP) is 1.85. The van der Waals surface area contributed by atoms with Crippen LogP contribution in [0.25, 0.3) is 0 Å². The number of carbonyl (C=O) groups is 3. The van der Waals surface area contributed by atoms with E-state index in [9.17, 15) is 14.4 Å². The minimum absolute atomic E-state index is 0.324. The normalized spacial score (nSPS) is 17.3. The third kappa shape index (κ3) is 4.85. The summed E-state index contributed by atoms with van der Waals surface area (Å²) in [6, 6.07) is 9.81. The van der Waals surface area contributed by atoms with Crippen LogP contribution < -0.4 is 29.6 Å². The Bertz CT molecular complexity index is 1090. The molecule has 0 radical (unpaired) electrons. The lowest BCUT2D eigenvalue weighted by Gasteiger charge is -2.23. The van der Waals surface area contributed by atoms with E-state index in [-0.39, 0.29) is 6.54 Å². The van der Waals surface area contributed by atoms with Gasteiger partial charge in [-0.15, -0.1) is 0 Å². The van der Waals surface area contributed by atoms with Crippen LogP contribution in [0.5, 0.6) is 23.0 Å². The number of ether oxygens (including phenoxy) is 4. The molecule has 1 aliphatic rings.